The monoisotopic (exact) mass is 606 g/mol. The van der Waals surface area contributed by atoms with Crippen molar-refractivity contribution < 1.29 is 37.5 Å². The van der Waals surface area contributed by atoms with E-state index in [1.165, 1.54) is 12.1 Å². The van der Waals surface area contributed by atoms with Gasteiger partial charge in [-0.25, -0.2) is 18.7 Å². The summed E-state index contributed by atoms with van der Waals surface area (Å²) in [5.74, 6) is -4.52. The summed E-state index contributed by atoms with van der Waals surface area (Å²) in [6.07, 6.45) is 2.13. The number of nitrogens with one attached hydrogen (secondary N) is 2. The van der Waals surface area contributed by atoms with Crippen LogP contribution in [0.3, 0.4) is 0 Å². The van der Waals surface area contributed by atoms with Crippen LogP contribution in [0.4, 0.5) is 24.5 Å². The number of aliphatic hydroxyl groups excluding tert-OH is 1. The maximum Gasteiger partial charge on any atom is 0.277 e. The van der Waals surface area contributed by atoms with Gasteiger partial charge in [-0.1, -0.05) is 5.16 Å². The normalized spacial score (nSPS) is 13.5. The standard InChI is InChI=1S/C22H22F3IN4O5/c23-16-11-14(26)3-4-17(16)28-21-15(22(33)29-35-9-7-31)10-13(19(24)20(21)25)12-27-34-8-6-30-5-1-2-18(30)32/h3-4,10-12,28,31H,1-2,5-9H2,(H,29,33)/b27-12-. The summed E-state index contributed by atoms with van der Waals surface area (Å²) in [7, 11) is 0. The number of benzene rings is 2. The molecule has 3 N–H and O–H groups in total. The third kappa shape index (κ3) is 7.05. The van der Waals surface area contributed by atoms with Gasteiger partial charge in [0.15, 0.2) is 11.6 Å². The van der Waals surface area contributed by atoms with E-state index in [1.807, 2.05) is 28.1 Å². The zero-order valence-electron chi connectivity index (χ0n) is 18.3. The number of carbonyl (C=O) groups excluding carboxylic acids is 2. The first-order valence-corrected chi connectivity index (χ1v) is 11.6. The van der Waals surface area contributed by atoms with Gasteiger partial charge in [0.25, 0.3) is 5.91 Å². The summed E-state index contributed by atoms with van der Waals surface area (Å²) in [5, 5.41) is 14.8. The third-order valence-corrected chi connectivity index (χ3v) is 5.59. The van der Waals surface area contributed by atoms with Crippen LogP contribution >= 0.6 is 22.6 Å². The quantitative estimate of drug-likeness (QED) is 0.157. The summed E-state index contributed by atoms with van der Waals surface area (Å²) >= 11 is 1.89. The number of aliphatic hydroxyl groups is 1. The second-order valence-electron chi connectivity index (χ2n) is 7.32. The number of rotatable bonds is 11. The molecule has 0 spiro atoms. The first-order valence-electron chi connectivity index (χ1n) is 10.5. The van der Waals surface area contributed by atoms with Crippen molar-refractivity contribution in [3.05, 3.63) is 56.4 Å². The molecule has 9 nitrogen and oxygen atoms in total. The first kappa shape index (κ1) is 26.7. The van der Waals surface area contributed by atoms with E-state index in [0.717, 1.165) is 18.7 Å². The van der Waals surface area contributed by atoms with Crippen LogP contribution in [0.15, 0.2) is 29.4 Å². The lowest BCUT2D eigenvalue weighted by Crippen LogP contribution is -2.28. The lowest BCUT2D eigenvalue weighted by atomic mass is 10.1. The van der Waals surface area contributed by atoms with Crippen LogP contribution in [-0.4, -0.2) is 60.9 Å². The zero-order valence-corrected chi connectivity index (χ0v) is 20.5. The lowest BCUT2D eigenvalue weighted by molar-refractivity contribution is -0.128. The second kappa shape index (κ2) is 12.7. The fraction of sp³-hybridized carbons (Fsp3) is 0.318. The maximum atomic E-state index is 15.0. The SMILES string of the molecule is O=C(NOCCO)c1cc(/C=N\OCCN2CCCC2=O)c(F)c(F)c1Nc1ccc(I)cc1F. The first-order chi connectivity index (χ1) is 16.8. The van der Waals surface area contributed by atoms with Crippen molar-refractivity contribution in [3.63, 3.8) is 0 Å². The molecule has 3 rings (SSSR count). The molecule has 0 bridgehead atoms. The van der Waals surface area contributed by atoms with Gasteiger partial charge in [-0.05, 0) is 53.3 Å². The highest BCUT2D eigenvalue weighted by Gasteiger charge is 2.24. The highest BCUT2D eigenvalue weighted by molar-refractivity contribution is 14.1. The molecule has 0 atom stereocenters. The summed E-state index contributed by atoms with van der Waals surface area (Å²) in [5.41, 5.74) is 0.359. The van der Waals surface area contributed by atoms with Crippen molar-refractivity contribution in [1.29, 1.82) is 0 Å². The van der Waals surface area contributed by atoms with Gasteiger partial charge >= 0.3 is 0 Å². The summed E-state index contributed by atoms with van der Waals surface area (Å²) in [6, 6.07) is 5.01. The molecule has 2 aromatic rings. The number of likely N-dealkylation sites (tertiary alicyclic amines) is 1. The predicted octanol–water partition coefficient (Wildman–Crippen LogP) is 3.08. The molecule has 2 amide bonds. The van der Waals surface area contributed by atoms with Gasteiger partial charge in [0, 0.05) is 22.1 Å². The zero-order chi connectivity index (χ0) is 25.4. The van der Waals surface area contributed by atoms with E-state index in [1.54, 1.807) is 11.0 Å². The topological polar surface area (TPSA) is 112 Å². The summed E-state index contributed by atoms with van der Waals surface area (Å²) < 4.78 is 44.7. The average Bonchev–Trinajstić information content (AvgIpc) is 3.24. The molecular formula is C22H22F3IN4O5. The van der Waals surface area contributed by atoms with Crippen molar-refractivity contribution in [3.8, 4) is 0 Å². The number of hydroxylamine groups is 1. The molecule has 188 valence electrons. The Balaban J connectivity index is 1.83. The van der Waals surface area contributed by atoms with E-state index in [0.29, 0.717) is 23.1 Å². The maximum absolute atomic E-state index is 15.0. The van der Waals surface area contributed by atoms with Crippen LogP contribution in [0.5, 0.6) is 0 Å². The fourth-order valence-corrected chi connectivity index (χ4v) is 3.68. The Morgan fingerprint density at radius 1 is 1.23 bits per heavy atom. The van der Waals surface area contributed by atoms with Gasteiger partial charge < -0.3 is 20.2 Å². The van der Waals surface area contributed by atoms with Crippen LogP contribution in [-0.2, 0) is 14.5 Å². The number of oxime groups is 1. The van der Waals surface area contributed by atoms with Gasteiger partial charge in [-0.3, -0.25) is 14.4 Å². The average molecular weight is 606 g/mol. The molecule has 1 aliphatic heterocycles. The fourth-order valence-electron chi connectivity index (χ4n) is 3.22. The van der Waals surface area contributed by atoms with Crippen molar-refractivity contribution >= 4 is 52.0 Å². The third-order valence-electron chi connectivity index (χ3n) is 4.92. The van der Waals surface area contributed by atoms with Crippen LogP contribution in [0.1, 0.15) is 28.8 Å². The van der Waals surface area contributed by atoms with Crippen LogP contribution in [0.25, 0.3) is 0 Å². The predicted molar refractivity (Wildman–Crippen MR) is 129 cm³/mol. The van der Waals surface area contributed by atoms with E-state index < -0.39 is 46.8 Å². The van der Waals surface area contributed by atoms with Gasteiger partial charge in [-0.15, -0.1) is 0 Å². The molecule has 13 heteroatoms. The Bertz CT molecular complexity index is 1120. The minimum atomic E-state index is -1.46. The number of nitrogens with zero attached hydrogens (tertiary/aromatic N) is 2. The van der Waals surface area contributed by atoms with Crippen molar-refractivity contribution in [2.24, 2.45) is 5.16 Å². The molecule has 0 unspecified atom stereocenters. The molecular weight excluding hydrogens is 584 g/mol. The van der Waals surface area contributed by atoms with E-state index in [9.17, 15) is 18.4 Å². The number of amides is 2. The Hall–Kier alpha value is -2.91. The van der Waals surface area contributed by atoms with Gasteiger partial charge in [0.05, 0.1) is 42.9 Å². The van der Waals surface area contributed by atoms with E-state index in [-0.39, 0.29) is 24.8 Å². The van der Waals surface area contributed by atoms with Crippen molar-refractivity contribution in [2.45, 2.75) is 12.8 Å². The second-order valence-corrected chi connectivity index (χ2v) is 8.57. The highest BCUT2D eigenvalue weighted by atomic mass is 127. The Kier molecular flexibility index (Phi) is 9.68. The van der Waals surface area contributed by atoms with Crippen LogP contribution in [0, 0.1) is 21.0 Å². The molecule has 0 saturated carbocycles. The summed E-state index contributed by atoms with van der Waals surface area (Å²) in [4.78, 5) is 35.6. The molecule has 0 aliphatic carbocycles. The van der Waals surface area contributed by atoms with E-state index in [4.69, 9.17) is 14.8 Å². The van der Waals surface area contributed by atoms with Crippen LogP contribution < -0.4 is 10.8 Å². The summed E-state index contributed by atoms with van der Waals surface area (Å²) in [6.45, 7) is 0.326. The minimum Gasteiger partial charge on any atom is -0.394 e. The Morgan fingerprint density at radius 2 is 2.03 bits per heavy atom. The number of hydrogen-bond acceptors (Lipinski definition) is 7. The smallest absolute Gasteiger partial charge is 0.277 e. The molecule has 1 aliphatic rings. The largest absolute Gasteiger partial charge is 0.394 e. The number of halogens is 4. The molecule has 2 aromatic carbocycles. The van der Waals surface area contributed by atoms with E-state index >= 15 is 4.39 Å². The minimum absolute atomic E-state index is 0.0115. The molecule has 35 heavy (non-hydrogen) atoms. The number of hydrogen-bond donors (Lipinski definition) is 3. The highest BCUT2D eigenvalue weighted by Crippen LogP contribution is 2.30. The molecule has 0 aromatic heterocycles. The van der Waals surface area contributed by atoms with Gasteiger partial charge in [0.1, 0.15) is 12.4 Å². The number of anilines is 2. The molecule has 1 fully saturated rings. The van der Waals surface area contributed by atoms with E-state index in [2.05, 4.69) is 10.5 Å². The Labute approximate surface area is 212 Å². The van der Waals surface area contributed by atoms with Crippen molar-refractivity contribution in [2.75, 3.05) is 38.2 Å². The lowest BCUT2D eigenvalue weighted by Gasteiger charge is -2.16. The van der Waals surface area contributed by atoms with Gasteiger partial charge in [-0.2, -0.15) is 0 Å². The van der Waals surface area contributed by atoms with Gasteiger partial charge in [0.2, 0.25) is 5.91 Å². The Morgan fingerprint density at radius 3 is 2.71 bits per heavy atom. The van der Waals surface area contributed by atoms with Crippen molar-refractivity contribution in [1.82, 2.24) is 10.4 Å². The number of carbonyl (C=O) groups is 2. The molecule has 0 radical (unpaired) electrons. The molecule has 1 heterocycles. The molecule has 1 saturated heterocycles. The van der Waals surface area contributed by atoms with Crippen LogP contribution in [0.2, 0.25) is 0 Å².